The molecule has 5 rings (SSSR count). The summed E-state index contributed by atoms with van der Waals surface area (Å²) in [5.41, 5.74) is 2.16. The lowest BCUT2D eigenvalue weighted by Crippen LogP contribution is -2.56. The molecule has 4 unspecified atom stereocenters. The molecule has 0 aliphatic heterocycles. The maximum Gasteiger partial charge on any atom is 0.235 e. The molecule has 0 spiro atoms. The van der Waals surface area contributed by atoms with Gasteiger partial charge in [-0.05, 0) is 66.9 Å². The zero-order valence-electron chi connectivity index (χ0n) is 23.6. The first-order valence-electron chi connectivity index (χ1n) is 14.0. The number of ether oxygens (including phenoxy) is 1. The summed E-state index contributed by atoms with van der Waals surface area (Å²) < 4.78 is 6.01. The number of hydrogen-bond donors (Lipinski definition) is 3. The van der Waals surface area contributed by atoms with Crippen molar-refractivity contribution in [2.75, 3.05) is 10.6 Å². The molecule has 214 valence electrons. The summed E-state index contributed by atoms with van der Waals surface area (Å²) in [6, 6.07) is 32.8. The molecule has 4 aromatic carbocycles. The van der Waals surface area contributed by atoms with Gasteiger partial charge in [-0.3, -0.25) is 14.4 Å². The van der Waals surface area contributed by atoms with Crippen molar-refractivity contribution in [3.8, 4) is 5.75 Å². The summed E-state index contributed by atoms with van der Waals surface area (Å²) >= 11 is 0. The number of nitrogens with one attached hydrogen (secondary N) is 2. The Labute approximate surface area is 245 Å². The highest BCUT2D eigenvalue weighted by atomic mass is 16.5. The van der Waals surface area contributed by atoms with Crippen molar-refractivity contribution in [1.29, 1.82) is 0 Å². The first-order chi connectivity index (χ1) is 20.2. The van der Waals surface area contributed by atoms with E-state index < -0.39 is 41.0 Å². The lowest BCUT2D eigenvalue weighted by atomic mass is 9.61. The molecule has 4 atom stereocenters. The third kappa shape index (κ3) is 6.42. The minimum atomic E-state index is -1.69. The maximum absolute atomic E-state index is 13.8. The third-order valence-electron chi connectivity index (χ3n) is 7.84. The molecule has 0 radical (unpaired) electrons. The van der Waals surface area contributed by atoms with Crippen molar-refractivity contribution in [2.45, 2.75) is 38.4 Å². The fourth-order valence-corrected chi connectivity index (χ4v) is 5.69. The molecular formula is C35H34N2O5. The first kappa shape index (κ1) is 28.8. The van der Waals surface area contributed by atoms with E-state index >= 15 is 0 Å². The Balaban J connectivity index is 1.49. The molecule has 7 heteroatoms. The van der Waals surface area contributed by atoms with Crippen LogP contribution in [-0.2, 0) is 21.0 Å². The summed E-state index contributed by atoms with van der Waals surface area (Å²) in [7, 11) is 0. The zero-order chi connectivity index (χ0) is 29.7. The van der Waals surface area contributed by atoms with Crippen LogP contribution in [-0.4, -0.2) is 28.3 Å². The average Bonchev–Trinajstić information content (AvgIpc) is 2.97. The fourth-order valence-electron chi connectivity index (χ4n) is 5.69. The minimum absolute atomic E-state index is 0.332. The molecule has 42 heavy (non-hydrogen) atoms. The van der Waals surface area contributed by atoms with Crippen molar-refractivity contribution >= 4 is 29.0 Å². The van der Waals surface area contributed by atoms with Gasteiger partial charge < -0.3 is 20.5 Å². The van der Waals surface area contributed by atoms with Crippen molar-refractivity contribution in [3.05, 3.63) is 126 Å². The second-order valence-corrected chi connectivity index (χ2v) is 11.0. The maximum atomic E-state index is 13.8. The van der Waals surface area contributed by atoms with Crippen LogP contribution >= 0.6 is 0 Å². The molecule has 0 saturated heterocycles. The second-order valence-electron chi connectivity index (χ2n) is 11.0. The Morgan fingerprint density at radius 3 is 1.95 bits per heavy atom. The average molecular weight is 563 g/mol. The number of anilines is 2. The van der Waals surface area contributed by atoms with Gasteiger partial charge in [0.25, 0.3) is 0 Å². The highest BCUT2D eigenvalue weighted by Gasteiger charge is 2.55. The molecular weight excluding hydrogens is 528 g/mol. The number of carbonyl (C=O) groups excluding carboxylic acids is 3. The number of Topliss-reactive ketones (excluding diaryl/α,β-unsaturated/α-hetero) is 1. The predicted octanol–water partition coefficient (Wildman–Crippen LogP) is 5.89. The predicted molar refractivity (Wildman–Crippen MR) is 162 cm³/mol. The molecule has 0 bridgehead atoms. The van der Waals surface area contributed by atoms with E-state index in [-0.39, 0.29) is 6.42 Å². The standard InChI is InChI=1S/C35H34N2O5/c1-23-11-9-10-12-25(23)22-42-28-19-17-24(18-20-28)30-31(33(39)36-26-13-5-3-6-14-26)29(38)21-35(2,41)32(30)34(40)37-27-15-7-4-8-16-27/h3-20,30-32,41H,21-22H2,1-2H3,(H,36,39)(H,37,40). The molecule has 4 aromatic rings. The molecule has 1 saturated carbocycles. The van der Waals surface area contributed by atoms with Gasteiger partial charge >= 0.3 is 0 Å². The van der Waals surface area contributed by atoms with E-state index in [2.05, 4.69) is 10.6 Å². The largest absolute Gasteiger partial charge is 0.489 e. The highest BCUT2D eigenvalue weighted by Crippen LogP contribution is 2.47. The molecule has 1 aliphatic carbocycles. The van der Waals surface area contributed by atoms with Crippen LogP contribution in [0.15, 0.2) is 109 Å². The minimum Gasteiger partial charge on any atom is -0.489 e. The van der Waals surface area contributed by atoms with Crippen LogP contribution < -0.4 is 15.4 Å². The van der Waals surface area contributed by atoms with Crippen molar-refractivity contribution < 1.29 is 24.2 Å². The number of aliphatic hydroxyl groups is 1. The van der Waals surface area contributed by atoms with Gasteiger partial charge in [-0.25, -0.2) is 0 Å². The Hall–Kier alpha value is -4.75. The molecule has 0 heterocycles. The van der Waals surface area contributed by atoms with Crippen LogP contribution in [0.25, 0.3) is 0 Å². The monoisotopic (exact) mass is 562 g/mol. The summed E-state index contributed by atoms with van der Waals surface area (Å²) in [4.78, 5) is 41.0. The van der Waals surface area contributed by atoms with Crippen LogP contribution in [0.2, 0.25) is 0 Å². The van der Waals surface area contributed by atoms with E-state index in [1.807, 2.05) is 43.3 Å². The van der Waals surface area contributed by atoms with Crippen LogP contribution in [0.4, 0.5) is 11.4 Å². The van der Waals surface area contributed by atoms with Crippen molar-refractivity contribution in [2.24, 2.45) is 11.8 Å². The third-order valence-corrected chi connectivity index (χ3v) is 7.84. The van der Waals surface area contributed by atoms with E-state index in [1.54, 1.807) is 72.8 Å². The van der Waals surface area contributed by atoms with Gasteiger partial charge in [-0.15, -0.1) is 0 Å². The van der Waals surface area contributed by atoms with Gasteiger partial charge in [0, 0.05) is 23.7 Å². The zero-order valence-corrected chi connectivity index (χ0v) is 23.6. The molecule has 3 N–H and O–H groups in total. The fraction of sp³-hybridized carbons (Fsp3) is 0.229. The molecule has 7 nitrogen and oxygen atoms in total. The van der Waals surface area contributed by atoms with Crippen LogP contribution in [0.1, 0.15) is 36.0 Å². The first-order valence-corrected chi connectivity index (χ1v) is 14.0. The molecule has 1 aliphatic rings. The van der Waals surface area contributed by atoms with Gasteiger partial charge in [0.1, 0.15) is 24.1 Å². The Morgan fingerprint density at radius 1 is 0.810 bits per heavy atom. The Kier molecular flexibility index (Phi) is 8.50. The van der Waals surface area contributed by atoms with Gasteiger partial charge in [-0.1, -0.05) is 72.8 Å². The number of hydrogen-bond acceptors (Lipinski definition) is 5. The van der Waals surface area contributed by atoms with E-state index in [9.17, 15) is 19.5 Å². The van der Waals surface area contributed by atoms with Gasteiger partial charge in [0.15, 0.2) is 0 Å². The summed E-state index contributed by atoms with van der Waals surface area (Å²) in [6.45, 7) is 3.89. The van der Waals surface area contributed by atoms with Gasteiger partial charge in [0.2, 0.25) is 11.8 Å². The topological polar surface area (TPSA) is 105 Å². The Morgan fingerprint density at radius 2 is 1.36 bits per heavy atom. The normalized spacial score (nSPS) is 21.8. The summed E-state index contributed by atoms with van der Waals surface area (Å²) in [5, 5.41) is 17.2. The van der Waals surface area contributed by atoms with Crippen LogP contribution in [0, 0.1) is 18.8 Å². The van der Waals surface area contributed by atoms with Crippen LogP contribution in [0.5, 0.6) is 5.75 Å². The van der Waals surface area contributed by atoms with E-state index in [1.165, 1.54) is 6.92 Å². The van der Waals surface area contributed by atoms with E-state index in [0.29, 0.717) is 29.3 Å². The Bertz CT molecular complexity index is 1550. The van der Waals surface area contributed by atoms with Crippen molar-refractivity contribution in [1.82, 2.24) is 0 Å². The van der Waals surface area contributed by atoms with E-state index in [0.717, 1.165) is 11.1 Å². The number of amides is 2. The lowest BCUT2D eigenvalue weighted by molar-refractivity contribution is -0.150. The smallest absolute Gasteiger partial charge is 0.235 e. The quantitative estimate of drug-likeness (QED) is 0.232. The van der Waals surface area contributed by atoms with E-state index in [4.69, 9.17) is 4.74 Å². The lowest BCUT2D eigenvalue weighted by Gasteiger charge is -2.44. The second kappa shape index (κ2) is 12.4. The summed E-state index contributed by atoms with van der Waals surface area (Å²) in [6.07, 6.45) is -0.332. The molecule has 0 aromatic heterocycles. The molecule has 1 fully saturated rings. The number of carbonyl (C=O) groups is 3. The number of benzene rings is 4. The summed E-state index contributed by atoms with van der Waals surface area (Å²) in [5.74, 6) is -4.05. The number of ketones is 1. The number of rotatable bonds is 8. The number of para-hydroxylation sites is 2. The molecule has 2 amide bonds. The van der Waals surface area contributed by atoms with Crippen LogP contribution in [0.3, 0.4) is 0 Å². The van der Waals surface area contributed by atoms with Crippen molar-refractivity contribution in [3.63, 3.8) is 0 Å². The highest BCUT2D eigenvalue weighted by molar-refractivity contribution is 6.10. The SMILES string of the molecule is Cc1ccccc1COc1ccc(C2C(C(=O)Nc3ccccc3)C(=O)CC(C)(O)C2C(=O)Nc2ccccc2)cc1. The number of aryl methyl sites for hydroxylation is 1. The van der Waals surface area contributed by atoms with Gasteiger partial charge in [-0.2, -0.15) is 0 Å². The van der Waals surface area contributed by atoms with Gasteiger partial charge in [0.05, 0.1) is 11.5 Å².